The second-order valence-corrected chi connectivity index (χ2v) is 8.18. The van der Waals surface area contributed by atoms with Crippen LogP contribution >= 0.6 is 11.3 Å². The van der Waals surface area contributed by atoms with Crippen LogP contribution in [0.25, 0.3) is 0 Å². The summed E-state index contributed by atoms with van der Waals surface area (Å²) in [6.45, 7) is 3.95. The van der Waals surface area contributed by atoms with Gasteiger partial charge in [0.15, 0.2) is 11.5 Å². The fourth-order valence-electron chi connectivity index (χ4n) is 3.53. The standard InChI is InChI=1S/C21H26N2O4S/c24-21(22-16-6-7-19-20(12-16)27-10-3-9-26-19)15-23(13-17-4-1-8-25-17)14-18-5-2-11-28-18/h2,5-7,11-12,17H,1,3-4,8-10,13-15H2,(H,22,24). The Morgan fingerprint density at radius 2 is 2.04 bits per heavy atom. The first-order valence-electron chi connectivity index (χ1n) is 9.82. The number of nitrogens with zero attached hydrogens (tertiary/aromatic N) is 1. The van der Waals surface area contributed by atoms with E-state index in [1.165, 1.54) is 4.88 Å². The molecule has 1 aromatic carbocycles. The van der Waals surface area contributed by atoms with Crippen molar-refractivity contribution in [3.63, 3.8) is 0 Å². The van der Waals surface area contributed by atoms with E-state index in [0.29, 0.717) is 25.5 Å². The summed E-state index contributed by atoms with van der Waals surface area (Å²) < 4.78 is 17.1. The minimum Gasteiger partial charge on any atom is -0.490 e. The van der Waals surface area contributed by atoms with E-state index in [2.05, 4.69) is 21.7 Å². The number of hydrogen-bond acceptors (Lipinski definition) is 6. The lowest BCUT2D eigenvalue weighted by molar-refractivity contribution is -0.117. The van der Waals surface area contributed by atoms with Gasteiger partial charge in [0.25, 0.3) is 0 Å². The normalized spacial score (nSPS) is 18.8. The molecule has 0 radical (unpaired) electrons. The number of fused-ring (bicyclic) bond motifs is 1. The zero-order chi connectivity index (χ0) is 19.2. The molecule has 7 heteroatoms. The first-order valence-corrected chi connectivity index (χ1v) is 10.7. The van der Waals surface area contributed by atoms with Crippen molar-refractivity contribution >= 4 is 22.9 Å². The molecule has 2 aliphatic rings. The lowest BCUT2D eigenvalue weighted by Crippen LogP contribution is -2.37. The lowest BCUT2D eigenvalue weighted by Gasteiger charge is -2.24. The van der Waals surface area contributed by atoms with Gasteiger partial charge in [-0.15, -0.1) is 11.3 Å². The Labute approximate surface area is 169 Å². The minimum atomic E-state index is -0.0379. The molecule has 2 aromatic rings. The van der Waals surface area contributed by atoms with Gasteiger partial charge in [-0.05, 0) is 36.4 Å². The van der Waals surface area contributed by atoms with E-state index >= 15 is 0 Å². The molecular weight excluding hydrogens is 376 g/mol. The SMILES string of the molecule is O=C(CN(Cc1cccs1)CC1CCCO1)Nc1ccc2c(c1)OCCCO2. The Balaban J connectivity index is 1.38. The topological polar surface area (TPSA) is 60.0 Å². The van der Waals surface area contributed by atoms with Crippen LogP contribution in [0.15, 0.2) is 35.7 Å². The van der Waals surface area contributed by atoms with Gasteiger partial charge < -0.3 is 19.5 Å². The molecule has 1 aromatic heterocycles. The highest BCUT2D eigenvalue weighted by Gasteiger charge is 2.21. The third-order valence-electron chi connectivity index (χ3n) is 4.84. The van der Waals surface area contributed by atoms with Crippen molar-refractivity contribution in [3.05, 3.63) is 40.6 Å². The zero-order valence-corrected chi connectivity index (χ0v) is 16.7. The predicted octanol–water partition coefficient (Wildman–Crippen LogP) is 3.53. The minimum absolute atomic E-state index is 0.0379. The molecule has 0 saturated carbocycles. The maximum Gasteiger partial charge on any atom is 0.238 e. The fourth-order valence-corrected chi connectivity index (χ4v) is 4.28. The number of benzene rings is 1. The van der Waals surface area contributed by atoms with Gasteiger partial charge in [0, 0.05) is 42.7 Å². The van der Waals surface area contributed by atoms with Crippen molar-refractivity contribution in [1.82, 2.24) is 4.90 Å². The summed E-state index contributed by atoms with van der Waals surface area (Å²) >= 11 is 1.71. The largest absolute Gasteiger partial charge is 0.490 e. The van der Waals surface area contributed by atoms with Crippen LogP contribution in [0.1, 0.15) is 24.1 Å². The number of ether oxygens (including phenoxy) is 3. The third-order valence-corrected chi connectivity index (χ3v) is 5.71. The summed E-state index contributed by atoms with van der Waals surface area (Å²) in [5.74, 6) is 1.38. The van der Waals surface area contributed by atoms with E-state index in [0.717, 1.165) is 50.4 Å². The summed E-state index contributed by atoms with van der Waals surface area (Å²) in [6.07, 6.45) is 3.23. The second-order valence-electron chi connectivity index (χ2n) is 7.14. The number of thiophene rings is 1. The van der Waals surface area contributed by atoms with Crippen LogP contribution in [-0.2, 0) is 16.1 Å². The smallest absolute Gasteiger partial charge is 0.238 e. The molecule has 1 N–H and O–H groups in total. The lowest BCUT2D eigenvalue weighted by atomic mass is 10.2. The van der Waals surface area contributed by atoms with Crippen molar-refractivity contribution in [3.8, 4) is 11.5 Å². The summed E-state index contributed by atoms with van der Waals surface area (Å²) in [5, 5.41) is 5.06. The molecule has 1 amide bonds. The molecule has 1 saturated heterocycles. The van der Waals surface area contributed by atoms with Crippen molar-refractivity contribution in [2.75, 3.05) is 38.2 Å². The van der Waals surface area contributed by atoms with Crippen LogP contribution < -0.4 is 14.8 Å². The average molecular weight is 403 g/mol. The quantitative estimate of drug-likeness (QED) is 0.768. The Kier molecular flexibility index (Phi) is 6.46. The first kappa shape index (κ1) is 19.2. The molecule has 3 heterocycles. The summed E-state index contributed by atoms with van der Waals surface area (Å²) in [4.78, 5) is 16.1. The number of nitrogens with one attached hydrogen (secondary N) is 1. The number of anilines is 1. The average Bonchev–Trinajstić information content (AvgIpc) is 3.32. The van der Waals surface area contributed by atoms with E-state index < -0.39 is 0 Å². The van der Waals surface area contributed by atoms with Gasteiger partial charge in [-0.1, -0.05) is 6.07 Å². The summed E-state index contributed by atoms with van der Waals surface area (Å²) in [6, 6.07) is 9.69. The molecule has 1 unspecified atom stereocenters. The number of hydrogen-bond donors (Lipinski definition) is 1. The van der Waals surface area contributed by atoms with Gasteiger partial charge in [-0.2, -0.15) is 0 Å². The first-order chi connectivity index (χ1) is 13.8. The molecule has 1 atom stereocenters. The number of carbonyl (C=O) groups is 1. The summed E-state index contributed by atoms with van der Waals surface area (Å²) in [7, 11) is 0. The molecule has 4 rings (SSSR count). The Morgan fingerprint density at radius 1 is 1.14 bits per heavy atom. The van der Waals surface area contributed by atoms with Crippen molar-refractivity contribution < 1.29 is 19.0 Å². The van der Waals surface area contributed by atoms with E-state index in [1.807, 2.05) is 24.3 Å². The molecule has 0 spiro atoms. The Hall–Kier alpha value is -2.09. The zero-order valence-electron chi connectivity index (χ0n) is 15.9. The maximum absolute atomic E-state index is 12.7. The van der Waals surface area contributed by atoms with Gasteiger partial charge in [-0.25, -0.2) is 0 Å². The highest BCUT2D eigenvalue weighted by atomic mass is 32.1. The summed E-state index contributed by atoms with van der Waals surface area (Å²) in [5.41, 5.74) is 0.724. The second kappa shape index (κ2) is 9.41. The van der Waals surface area contributed by atoms with Gasteiger partial charge in [0.2, 0.25) is 5.91 Å². The van der Waals surface area contributed by atoms with Crippen LogP contribution in [0.2, 0.25) is 0 Å². The van der Waals surface area contributed by atoms with E-state index in [4.69, 9.17) is 14.2 Å². The van der Waals surface area contributed by atoms with E-state index in [1.54, 1.807) is 11.3 Å². The van der Waals surface area contributed by atoms with Gasteiger partial charge >= 0.3 is 0 Å². The van der Waals surface area contributed by atoms with Crippen LogP contribution in [0.4, 0.5) is 5.69 Å². The predicted molar refractivity (Wildman–Crippen MR) is 109 cm³/mol. The highest BCUT2D eigenvalue weighted by Crippen LogP contribution is 2.32. The van der Waals surface area contributed by atoms with Crippen molar-refractivity contribution in [2.24, 2.45) is 0 Å². The number of carbonyl (C=O) groups excluding carboxylic acids is 1. The monoisotopic (exact) mass is 402 g/mol. The maximum atomic E-state index is 12.7. The molecule has 150 valence electrons. The van der Waals surface area contributed by atoms with Gasteiger partial charge in [0.05, 0.1) is 25.9 Å². The van der Waals surface area contributed by atoms with Crippen LogP contribution in [0.5, 0.6) is 11.5 Å². The van der Waals surface area contributed by atoms with Crippen molar-refractivity contribution in [1.29, 1.82) is 0 Å². The molecule has 2 aliphatic heterocycles. The highest BCUT2D eigenvalue weighted by molar-refractivity contribution is 7.09. The molecule has 6 nitrogen and oxygen atoms in total. The van der Waals surface area contributed by atoms with Gasteiger partial charge in [0.1, 0.15) is 0 Å². The fraction of sp³-hybridized carbons (Fsp3) is 0.476. The number of amides is 1. The van der Waals surface area contributed by atoms with Crippen LogP contribution in [0, 0.1) is 0 Å². The van der Waals surface area contributed by atoms with E-state index in [9.17, 15) is 4.79 Å². The Morgan fingerprint density at radius 3 is 2.82 bits per heavy atom. The van der Waals surface area contributed by atoms with Crippen LogP contribution in [-0.4, -0.2) is 49.8 Å². The molecule has 0 aliphatic carbocycles. The Bertz CT molecular complexity index is 775. The number of rotatable bonds is 7. The van der Waals surface area contributed by atoms with Crippen LogP contribution in [0.3, 0.4) is 0 Å². The molecule has 28 heavy (non-hydrogen) atoms. The molecule has 1 fully saturated rings. The molecule has 0 bridgehead atoms. The molecular formula is C21H26N2O4S. The van der Waals surface area contributed by atoms with E-state index in [-0.39, 0.29) is 12.0 Å². The third kappa shape index (κ3) is 5.25. The van der Waals surface area contributed by atoms with Gasteiger partial charge in [-0.3, -0.25) is 9.69 Å². The van der Waals surface area contributed by atoms with Crippen molar-refractivity contribution in [2.45, 2.75) is 31.9 Å².